The minimum absolute atomic E-state index is 0.390. The summed E-state index contributed by atoms with van der Waals surface area (Å²) in [4.78, 5) is 4.09. The smallest absolute Gasteiger partial charge is 0.164 e. The lowest BCUT2D eigenvalue weighted by Gasteiger charge is -2.04. The van der Waals surface area contributed by atoms with Crippen molar-refractivity contribution in [1.82, 2.24) is 14.8 Å². The molecule has 4 heteroatoms. The number of hydrogen-bond acceptors (Lipinski definition) is 3. The van der Waals surface area contributed by atoms with Crippen LogP contribution in [0.5, 0.6) is 0 Å². The molecule has 78 valence electrons. The fraction of sp³-hybridized carbons (Fsp3) is 0.273. The van der Waals surface area contributed by atoms with Crippen molar-refractivity contribution < 1.29 is 0 Å². The van der Waals surface area contributed by atoms with Gasteiger partial charge in [-0.2, -0.15) is 5.10 Å². The van der Waals surface area contributed by atoms with E-state index in [9.17, 15) is 0 Å². The molecule has 2 aromatic rings. The molecule has 0 saturated heterocycles. The van der Waals surface area contributed by atoms with E-state index in [1.807, 2.05) is 16.8 Å². The Hall–Kier alpha value is -1.68. The quantitative estimate of drug-likeness (QED) is 0.810. The van der Waals surface area contributed by atoms with Crippen molar-refractivity contribution in [3.63, 3.8) is 0 Å². The normalized spacial score (nSPS) is 10.5. The highest BCUT2D eigenvalue weighted by Gasteiger charge is 2.01. The Morgan fingerprint density at radius 1 is 1.33 bits per heavy atom. The maximum absolute atomic E-state index is 5.45. The van der Waals surface area contributed by atoms with E-state index in [-0.39, 0.29) is 0 Å². The third-order valence-corrected chi connectivity index (χ3v) is 2.36. The van der Waals surface area contributed by atoms with Gasteiger partial charge in [0, 0.05) is 0 Å². The first kappa shape index (κ1) is 9.86. The lowest BCUT2D eigenvalue weighted by atomic mass is 10.1. The van der Waals surface area contributed by atoms with Crippen molar-refractivity contribution >= 4 is 0 Å². The lowest BCUT2D eigenvalue weighted by Crippen LogP contribution is -2.04. The predicted octanol–water partition coefficient (Wildman–Crippen LogP) is 1.09. The third kappa shape index (κ3) is 2.22. The molecule has 0 bridgehead atoms. The van der Waals surface area contributed by atoms with Crippen molar-refractivity contribution in [3.8, 4) is 0 Å². The molecule has 0 saturated carbocycles. The van der Waals surface area contributed by atoms with Crippen molar-refractivity contribution in [2.45, 2.75) is 20.0 Å². The first-order valence-corrected chi connectivity index (χ1v) is 4.92. The van der Waals surface area contributed by atoms with Crippen LogP contribution in [0.4, 0.5) is 0 Å². The molecule has 0 aliphatic heterocycles. The van der Waals surface area contributed by atoms with E-state index in [0.717, 1.165) is 6.54 Å². The van der Waals surface area contributed by atoms with Crippen LogP contribution < -0.4 is 5.73 Å². The van der Waals surface area contributed by atoms with Gasteiger partial charge >= 0.3 is 0 Å². The number of nitrogens with zero attached hydrogens (tertiary/aromatic N) is 3. The first-order valence-electron chi connectivity index (χ1n) is 4.92. The van der Waals surface area contributed by atoms with Gasteiger partial charge in [0.1, 0.15) is 6.33 Å². The van der Waals surface area contributed by atoms with Gasteiger partial charge < -0.3 is 5.73 Å². The largest absolute Gasteiger partial charge is 0.324 e. The second-order valence-corrected chi connectivity index (χ2v) is 3.49. The number of rotatable bonds is 3. The van der Waals surface area contributed by atoms with E-state index >= 15 is 0 Å². The van der Waals surface area contributed by atoms with E-state index in [1.165, 1.54) is 11.1 Å². The molecule has 1 aromatic heterocycles. The minimum atomic E-state index is 0.390. The minimum Gasteiger partial charge on any atom is -0.324 e. The first-order chi connectivity index (χ1) is 7.29. The van der Waals surface area contributed by atoms with Gasteiger partial charge in [0.15, 0.2) is 5.82 Å². The zero-order valence-corrected chi connectivity index (χ0v) is 8.72. The highest BCUT2D eigenvalue weighted by molar-refractivity contribution is 5.25. The number of nitrogens with two attached hydrogens (primary N) is 1. The molecular formula is C11H14N4. The highest BCUT2D eigenvalue weighted by Crippen LogP contribution is 2.08. The maximum Gasteiger partial charge on any atom is 0.164 e. The summed E-state index contributed by atoms with van der Waals surface area (Å²) in [6.45, 7) is 3.23. The van der Waals surface area contributed by atoms with Crippen molar-refractivity contribution in [1.29, 1.82) is 0 Å². The van der Waals surface area contributed by atoms with Crippen LogP contribution in [0.1, 0.15) is 17.0 Å². The monoisotopic (exact) mass is 202 g/mol. The van der Waals surface area contributed by atoms with E-state index in [4.69, 9.17) is 5.73 Å². The topological polar surface area (TPSA) is 56.7 Å². The third-order valence-electron chi connectivity index (χ3n) is 2.36. The Balaban J connectivity index is 2.18. The number of benzene rings is 1. The van der Waals surface area contributed by atoms with Crippen LogP contribution in [0.15, 0.2) is 30.6 Å². The summed E-state index contributed by atoms with van der Waals surface area (Å²) >= 11 is 0. The van der Waals surface area contributed by atoms with Crippen LogP contribution in [-0.4, -0.2) is 14.8 Å². The molecule has 2 rings (SSSR count). The molecule has 4 nitrogen and oxygen atoms in total. The molecule has 1 heterocycles. The van der Waals surface area contributed by atoms with Crippen LogP contribution in [0.25, 0.3) is 0 Å². The van der Waals surface area contributed by atoms with Gasteiger partial charge in [-0.1, -0.05) is 24.3 Å². The van der Waals surface area contributed by atoms with Crippen LogP contribution in [0, 0.1) is 6.92 Å². The Morgan fingerprint density at radius 3 is 2.80 bits per heavy atom. The molecule has 15 heavy (non-hydrogen) atoms. The molecule has 0 aliphatic carbocycles. The van der Waals surface area contributed by atoms with Crippen LogP contribution in [0.2, 0.25) is 0 Å². The summed E-state index contributed by atoms with van der Waals surface area (Å²) < 4.78 is 1.81. The standard InChI is InChI=1S/C11H14N4/c1-9-4-2-3-5-10(9)7-15-8-13-11(6-12)14-15/h2-5,8H,6-7,12H2,1H3. The van der Waals surface area contributed by atoms with E-state index in [0.29, 0.717) is 12.4 Å². The number of aromatic nitrogens is 3. The summed E-state index contributed by atoms with van der Waals surface area (Å²) in [5.41, 5.74) is 7.97. The van der Waals surface area contributed by atoms with E-state index < -0.39 is 0 Å². The zero-order chi connectivity index (χ0) is 10.7. The Kier molecular flexibility index (Phi) is 2.78. The molecule has 0 amide bonds. The van der Waals surface area contributed by atoms with Gasteiger partial charge in [-0.3, -0.25) is 0 Å². The van der Waals surface area contributed by atoms with Crippen molar-refractivity contribution in [2.24, 2.45) is 5.73 Å². The molecule has 0 unspecified atom stereocenters. The fourth-order valence-corrected chi connectivity index (χ4v) is 1.46. The maximum atomic E-state index is 5.45. The average Bonchev–Trinajstić information content (AvgIpc) is 2.69. The Bertz CT molecular complexity index is 447. The second kappa shape index (κ2) is 4.23. The van der Waals surface area contributed by atoms with Gasteiger partial charge in [-0.05, 0) is 18.1 Å². The molecule has 0 fully saturated rings. The molecule has 0 radical (unpaired) electrons. The number of hydrogen-bond donors (Lipinski definition) is 1. The SMILES string of the molecule is Cc1ccccc1Cn1cnc(CN)n1. The van der Waals surface area contributed by atoms with Crippen LogP contribution >= 0.6 is 0 Å². The highest BCUT2D eigenvalue weighted by atomic mass is 15.3. The molecule has 1 aromatic carbocycles. The van der Waals surface area contributed by atoms with Gasteiger partial charge in [0.25, 0.3) is 0 Å². The summed E-state index contributed by atoms with van der Waals surface area (Å²) in [7, 11) is 0. The summed E-state index contributed by atoms with van der Waals surface area (Å²) in [6, 6.07) is 8.25. The summed E-state index contributed by atoms with van der Waals surface area (Å²) in [5.74, 6) is 0.684. The Morgan fingerprint density at radius 2 is 2.13 bits per heavy atom. The summed E-state index contributed by atoms with van der Waals surface area (Å²) in [5, 5.41) is 4.25. The average molecular weight is 202 g/mol. The van der Waals surface area contributed by atoms with Gasteiger partial charge in [0.2, 0.25) is 0 Å². The predicted molar refractivity (Wildman–Crippen MR) is 58.2 cm³/mol. The molecule has 2 N–H and O–H groups in total. The second-order valence-electron chi connectivity index (χ2n) is 3.49. The van der Waals surface area contributed by atoms with Gasteiger partial charge in [0.05, 0.1) is 13.1 Å². The van der Waals surface area contributed by atoms with Crippen LogP contribution in [-0.2, 0) is 13.1 Å². The lowest BCUT2D eigenvalue weighted by molar-refractivity contribution is 0.669. The fourth-order valence-electron chi connectivity index (χ4n) is 1.46. The zero-order valence-electron chi connectivity index (χ0n) is 8.72. The van der Waals surface area contributed by atoms with Gasteiger partial charge in [-0.15, -0.1) is 0 Å². The van der Waals surface area contributed by atoms with Crippen LogP contribution in [0.3, 0.4) is 0 Å². The van der Waals surface area contributed by atoms with Crippen molar-refractivity contribution in [2.75, 3.05) is 0 Å². The van der Waals surface area contributed by atoms with E-state index in [2.05, 4.69) is 29.1 Å². The Labute approximate surface area is 88.8 Å². The number of aryl methyl sites for hydroxylation is 1. The van der Waals surface area contributed by atoms with Gasteiger partial charge in [-0.25, -0.2) is 9.67 Å². The van der Waals surface area contributed by atoms with Crippen molar-refractivity contribution in [3.05, 3.63) is 47.5 Å². The summed E-state index contributed by atoms with van der Waals surface area (Å²) in [6.07, 6.45) is 1.72. The molecule has 0 spiro atoms. The molecule has 0 atom stereocenters. The molecule has 0 aliphatic rings. The molecular weight excluding hydrogens is 188 g/mol. The van der Waals surface area contributed by atoms with E-state index in [1.54, 1.807) is 6.33 Å².